The van der Waals surface area contributed by atoms with Gasteiger partial charge in [0, 0.05) is 19.1 Å². The summed E-state index contributed by atoms with van der Waals surface area (Å²) in [6, 6.07) is 0.442. The molecule has 2 fully saturated rings. The third-order valence-electron chi connectivity index (χ3n) is 3.84. The molecule has 0 aliphatic carbocycles. The summed E-state index contributed by atoms with van der Waals surface area (Å²) in [6.45, 7) is 2.57. The maximum absolute atomic E-state index is 10.8. The van der Waals surface area contributed by atoms with Crippen LogP contribution in [0.3, 0.4) is 0 Å². The Bertz CT molecular complexity index is 244. The summed E-state index contributed by atoms with van der Waals surface area (Å²) in [6.07, 6.45) is 2.37. The highest BCUT2D eigenvalue weighted by molar-refractivity contribution is 5.67. The van der Waals surface area contributed by atoms with Crippen molar-refractivity contribution in [2.45, 2.75) is 25.3 Å². The van der Waals surface area contributed by atoms with Crippen molar-refractivity contribution in [1.29, 1.82) is 0 Å². The van der Waals surface area contributed by atoms with Crippen molar-refractivity contribution in [3.63, 3.8) is 0 Å². The van der Waals surface area contributed by atoms with E-state index >= 15 is 0 Å². The number of rotatable bonds is 2. The van der Waals surface area contributed by atoms with E-state index < -0.39 is 5.97 Å². The number of carbonyl (C=O) groups is 1. The third kappa shape index (κ3) is 2.32. The molecular weight excluding hydrogens is 194 g/mol. The van der Waals surface area contributed by atoms with Crippen LogP contribution in [0.2, 0.25) is 0 Å². The SMILES string of the molecule is CN1CCC(CC(=O)O)C2CCOCC21. The van der Waals surface area contributed by atoms with E-state index in [0.717, 1.165) is 32.6 Å². The molecule has 0 saturated carbocycles. The Hall–Kier alpha value is -0.610. The largest absolute Gasteiger partial charge is 0.481 e. The molecule has 86 valence electrons. The normalized spacial score (nSPS) is 37.3. The lowest BCUT2D eigenvalue weighted by atomic mass is 9.75. The van der Waals surface area contributed by atoms with Crippen LogP contribution in [0.25, 0.3) is 0 Å². The first-order valence-electron chi connectivity index (χ1n) is 5.68. The molecule has 0 bridgehead atoms. The Morgan fingerprint density at radius 2 is 2.33 bits per heavy atom. The van der Waals surface area contributed by atoms with E-state index in [9.17, 15) is 4.79 Å². The zero-order chi connectivity index (χ0) is 10.8. The van der Waals surface area contributed by atoms with Crippen LogP contribution < -0.4 is 0 Å². The summed E-state index contributed by atoms with van der Waals surface area (Å²) in [7, 11) is 2.11. The van der Waals surface area contributed by atoms with Crippen LogP contribution in [-0.4, -0.2) is 48.8 Å². The minimum atomic E-state index is -0.658. The second kappa shape index (κ2) is 4.49. The van der Waals surface area contributed by atoms with E-state index in [1.807, 2.05) is 0 Å². The average Bonchev–Trinajstić information content (AvgIpc) is 2.22. The van der Waals surface area contributed by atoms with Crippen molar-refractivity contribution in [1.82, 2.24) is 4.90 Å². The number of hydrogen-bond acceptors (Lipinski definition) is 3. The minimum Gasteiger partial charge on any atom is -0.481 e. The second-order valence-corrected chi connectivity index (χ2v) is 4.72. The van der Waals surface area contributed by atoms with E-state index in [0.29, 0.717) is 24.3 Å². The highest BCUT2D eigenvalue weighted by Crippen LogP contribution is 2.35. The van der Waals surface area contributed by atoms with Crippen LogP contribution in [0.5, 0.6) is 0 Å². The summed E-state index contributed by atoms with van der Waals surface area (Å²) in [4.78, 5) is 13.1. The van der Waals surface area contributed by atoms with Gasteiger partial charge in [-0.05, 0) is 38.3 Å². The molecule has 15 heavy (non-hydrogen) atoms. The number of likely N-dealkylation sites (N-methyl/N-ethyl adjacent to an activating group) is 1. The van der Waals surface area contributed by atoms with Gasteiger partial charge in [-0.15, -0.1) is 0 Å². The van der Waals surface area contributed by atoms with Gasteiger partial charge in [-0.25, -0.2) is 0 Å². The second-order valence-electron chi connectivity index (χ2n) is 4.72. The van der Waals surface area contributed by atoms with Crippen molar-refractivity contribution in [3.05, 3.63) is 0 Å². The Kier molecular flexibility index (Phi) is 3.26. The van der Waals surface area contributed by atoms with Gasteiger partial charge in [0.25, 0.3) is 0 Å². The van der Waals surface area contributed by atoms with E-state index in [2.05, 4.69) is 11.9 Å². The Morgan fingerprint density at radius 3 is 3.07 bits per heavy atom. The predicted molar refractivity (Wildman–Crippen MR) is 55.7 cm³/mol. The molecule has 3 atom stereocenters. The summed E-state index contributed by atoms with van der Waals surface area (Å²) in [5.74, 6) is 0.219. The topological polar surface area (TPSA) is 49.8 Å². The van der Waals surface area contributed by atoms with Crippen LogP contribution in [0.1, 0.15) is 19.3 Å². The van der Waals surface area contributed by atoms with Gasteiger partial charge in [0.1, 0.15) is 0 Å². The molecule has 0 amide bonds. The molecule has 4 heteroatoms. The van der Waals surface area contributed by atoms with Crippen LogP contribution in [0.15, 0.2) is 0 Å². The Labute approximate surface area is 90.2 Å². The van der Waals surface area contributed by atoms with Gasteiger partial charge in [-0.3, -0.25) is 4.79 Å². The van der Waals surface area contributed by atoms with Gasteiger partial charge < -0.3 is 14.7 Å². The van der Waals surface area contributed by atoms with Gasteiger partial charge in [0.15, 0.2) is 0 Å². The fraction of sp³-hybridized carbons (Fsp3) is 0.909. The van der Waals surface area contributed by atoms with Gasteiger partial charge in [-0.1, -0.05) is 0 Å². The van der Waals surface area contributed by atoms with Crippen molar-refractivity contribution in [3.8, 4) is 0 Å². The lowest BCUT2D eigenvalue weighted by Gasteiger charge is -2.46. The highest BCUT2D eigenvalue weighted by atomic mass is 16.5. The number of ether oxygens (including phenoxy) is 1. The van der Waals surface area contributed by atoms with Crippen molar-refractivity contribution in [2.24, 2.45) is 11.8 Å². The smallest absolute Gasteiger partial charge is 0.303 e. The van der Waals surface area contributed by atoms with Gasteiger partial charge in [0.05, 0.1) is 6.61 Å². The summed E-state index contributed by atoms with van der Waals surface area (Å²) in [5.41, 5.74) is 0. The minimum absolute atomic E-state index is 0.328. The zero-order valence-electron chi connectivity index (χ0n) is 9.19. The summed E-state index contributed by atoms with van der Waals surface area (Å²) >= 11 is 0. The fourth-order valence-electron chi connectivity index (χ4n) is 2.97. The van der Waals surface area contributed by atoms with Gasteiger partial charge in [-0.2, -0.15) is 0 Å². The molecule has 0 radical (unpaired) electrons. The molecule has 2 aliphatic rings. The molecule has 2 rings (SSSR count). The quantitative estimate of drug-likeness (QED) is 0.737. The number of carboxylic acid groups (broad SMARTS) is 1. The van der Waals surface area contributed by atoms with Crippen molar-refractivity contribution in [2.75, 3.05) is 26.8 Å². The molecule has 0 aromatic carbocycles. The number of fused-ring (bicyclic) bond motifs is 1. The number of carboxylic acids is 1. The number of piperidine rings is 1. The lowest BCUT2D eigenvalue weighted by Crippen LogP contribution is -2.52. The van der Waals surface area contributed by atoms with Gasteiger partial charge >= 0.3 is 5.97 Å². The summed E-state index contributed by atoms with van der Waals surface area (Å²) in [5, 5.41) is 8.88. The maximum Gasteiger partial charge on any atom is 0.303 e. The average molecular weight is 213 g/mol. The molecule has 2 heterocycles. The van der Waals surface area contributed by atoms with Crippen LogP contribution in [-0.2, 0) is 9.53 Å². The predicted octanol–water partition coefficient (Wildman–Crippen LogP) is 0.818. The van der Waals surface area contributed by atoms with Crippen LogP contribution >= 0.6 is 0 Å². The number of aliphatic carboxylic acids is 1. The maximum atomic E-state index is 10.8. The first-order valence-corrected chi connectivity index (χ1v) is 5.68. The molecule has 2 saturated heterocycles. The van der Waals surface area contributed by atoms with Crippen LogP contribution in [0, 0.1) is 11.8 Å². The van der Waals surface area contributed by atoms with Crippen molar-refractivity contribution >= 4 is 5.97 Å². The molecule has 4 nitrogen and oxygen atoms in total. The van der Waals surface area contributed by atoms with E-state index in [1.54, 1.807) is 0 Å². The molecular formula is C11H19NO3. The Morgan fingerprint density at radius 1 is 1.53 bits per heavy atom. The molecule has 2 aliphatic heterocycles. The fourth-order valence-corrected chi connectivity index (χ4v) is 2.97. The van der Waals surface area contributed by atoms with E-state index in [-0.39, 0.29) is 0 Å². The molecule has 1 N–H and O–H groups in total. The standard InChI is InChI=1S/C11H19NO3/c1-12-4-2-8(6-11(13)14)9-3-5-15-7-10(9)12/h8-10H,2-7H2,1H3,(H,13,14). The van der Waals surface area contributed by atoms with Crippen LogP contribution in [0.4, 0.5) is 0 Å². The number of nitrogens with zero attached hydrogens (tertiary/aromatic N) is 1. The number of hydrogen-bond donors (Lipinski definition) is 1. The zero-order valence-corrected chi connectivity index (χ0v) is 9.19. The number of likely N-dealkylation sites (tertiary alicyclic amines) is 1. The lowest BCUT2D eigenvalue weighted by molar-refractivity contribution is -0.140. The summed E-state index contributed by atoms with van der Waals surface area (Å²) < 4.78 is 5.47. The molecule has 0 aromatic heterocycles. The third-order valence-corrected chi connectivity index (χ3v) is 3.84. The van der Waals surface area contributed by atoms with E-state index in [1.165, 1.54) is 0 Å². The molecule has 0 aromatic rings. The first-order chi connectivity index (χ1) is 7.18. The first kappa shape index (κ1) is 10.9. The van der Waals surface area contributed by atoms with E-state index in [4.69, 9.17) is 9.84 Å². The highest BCUT2D eigenvalue weighted by Gasteiger charge is 2.38. The monoisotopic (exact) mass is 213 g/mol. The Balaban J connectivity index is 2.03. The molecule has 3 unspecified atom stereocenters. The van der Waals surface area contributed by atoms with Gasteiger partial charge in [0.2, 0.25) is 0 Å². The molecule has 0 spiro atoms. The van der Waals surface area contributed by atoms with Crippen molar-refractivity contribution < 1.29 is 14.6 Å².